The third-order valence-electron chi connectivity index (χ3n) is 4.97. The van der Waals surface area contributed by atoms with Gasteiger partial charge in [-0.2, -0.15) is 9.57 Å². The molecule has 1 atom stereocenters. The number of ketones is 1. The van der Waals surface area contributed by atoms with E-state index in [0.29, 0.717) is 18.8 Å². The van der Waals surface area contributed by atoms with Gasteiger partial charge in [-0.3, -0.25) is 14.5 Å². The monoisotopic (exact) mass is 411 g/mol. The lowest BCUT2D eigenvalue weighted by Crippen LogP contribution is -2.41. The van der Waals surface area contributed by atoms with Gasteiger partial charge in [-0.1, -0.05) is 31.5 Å². The number of carbonyl (C=O) groups is 2. The molecule has 0 radical (unpaired) electrons. The molecule has 8 heteroatoms. The summed E-state index contributed by atoms with van der Waals surface area (Å²) in [5.74, 6) is -2.85. The van der Waals surface area contributed by atoms with Crippen LogP contribution in [0.25, 0.3) is 0 Å². The number of aryl methyl sites for hydroxylation is 1. The number of nitriles is 1. The third-order valence-corrected chi connectivity index (χ3v) is 7.01. The van der Waals surface area contributed by atoms with E-state index in [1.807, 2.05) is 19.1 Å². The molecule has 0 bridgehead atoms. The van der Waals surface area contributed by atoms with Crippen molar-refractivity contribution in [2.45, 2.75) is 25.7 Å². The van der Waals surface area contributed by atoms with E-state index >= 15 is 0 Å². The molecule has 2 aromatic rings. The van der Waals surface area contributed by atoms with Crippen LogP contribution < -0.4 is 4.90 Å². The number of fused-ring (bicyclic) bond motifs is 1. The van der Waals surface area contributed by atoms with E-state index in [-0.39, 0.29) is 16.1 Å². The van der Waals surface area contributed by atoms with E-state index in [0.717, 1.165) is 5.56 Å². The van der Waals surface area contributed by atoms with Gasteiger partial charge in [0.05, 0.1) is 16.7 Å². The summed E-state index contributed by atoms with van der Waals surface area (Å²) in [5, 5.41) is 9.41. The highest BCUT2D eigenvalue weighted by Gasteiger charge is 2.41. The van der Waals surface area contributed by atoms with E-state index < -0.39 is 27.6 Å². The minimum atomic E-state index is -3.79. The Morgan fingerprint density at radius 1 is 1.07 bits per heavy atom. The molecule has 1 amide bonds. The van der Waals surface area contributed by atoms with Gasteiger partial charge in [0, 0.05) is 24.3 Å². The summed E-state index contributed by atoms with van der Waals surface area (Å²) in [7, 11) is -3.79. The lowest BCUT2D eigenvalue weighted by atomic mass is 9.90. The molecule has 29 heavy (non-hydrogen) atoms. The first-order valence-electron chi connectivity index (χ1n) is 9.24. The van der Waals surface area contributed by atoms with Crippen LogP contribution >= 0.6 is 0 Å². The molecule has 1 heterocycles. The molecule has 150 valence electrons. The summed E-state index contributed by atoms with van der Waals surface area (Å²) in [4.78, 5) is 26.9. The molecule has 0 aliphatic carbocycles. The van der Waals surface area contributed by atoms with Crippen LogP contribution in [0.1, 0.15) is 29.8 Å². The molecular formula is C21H21N3O4S. The molecule has 7 nitrogen and oxygen atoms in total. The summed E-state index contributed by atoms with van der Waals surface area (Å²) >= 11 is 0. The molecule has 0 N–H and O–H groups in total. The number of benzene rings is 2. The van der Waals surface area contributed by atoms with Crippen LogP contribution in [0.3, 0.4) is 0 Å². The van der Waals surface area contributed by atoms with Crippen molar-refractivity contribution >= 4 is 33.1 Å². The van der Waals surface area contributed by atoms with Crippen LogP contribution in [0, 0.1) is 24.2 Å². The second-order valence-electron chi connectivity index (χ2n) is 6.70. The Labute approximate surface area is 170 Å². The first-order chi connectivity index (χ1) is 13.8. The molecular weight excluding hydrogens is 390 g/mol. The van der Waals surface area contributed by atoms with Crippen LogP contribution in [0.5, 0.6) is 0 Å². The normalized spacial score (nSPS) is 16.7. The van der Waals surface area contributed by atoms with Crippen molar-refractivity contribution in [1.82, 2.24) is 4.31 Å². The number of anilines is 2. The second kappa shape index (κ2) is 7.78. The molecule has 1 aliphatic rings. The number of hydrogen-bond acceptors (Lipinski definition) is 5. The van der Waals surface area contributed by atoms with Crippen LogP contribution in [0.15, 0.2) is 47.4 Å². The van der Waals surface area contributed by atoms with E-state index in [4.69, 9.17) is 0 Å². The summed E-state index contributed by atoms with van der Waals surface area (Å²) in [6, 6.07) is 13.0. The fourth-order valence-electron chi connectivity index (χ4n) is 3.37. The summed E-state index contributed by atoms with van der Waals surface area (Å²) in [5.41, 5.74) is 1.82. The number of rotatable bonds is 5. The average Bonchev–Trinajstić information content (AvgIpc) is 2.70. The molecule has 1 unspecified atom stereocenters. The number of nitrogens with zero attached hydrogens (tertiary/aromatic N) is 3. The molecule has 0 aromatic heterocycles. The van der Waals surface area contributed by atoms with Gasteiger partial charge in [0.25, 0.3) is 5.91 Å². The number of carbonyl (C=O) groups excluding carboxylic acids is 2. The lowest BCUT2D eigenvalue weighted by molar-refractivity contribution is -0.119. The minimum Gasteiger partial charge on any atom is -0.292 e. The Hall–Kier alpha value is -3.02. The maximum Gasteiger partial charge on any atom is 0.256 e. The van der Waals surface area contributed by atoms with Crippen LogP contribution in [0.4, 0.5) is 11.4 Å². The minimum absolute atomic E-state index is 0.0387. The molecule has 0 saturated carbocycles. The Morgan fingerprint density at radius 3 is 2.24 bits per heavy atom. The third kappa shape index (κ3) is 3.43. The van der Waals surface area contributed by atoms with Crippen molar-refractivity contribution < 1.29 is 18.0 Å². The zero-order valence-corrected chi connectivity index (χ0v) is 17.2. The standard InChI is InChI=1S/C21H21N3O4S/c1-4-23(5-2)29(27,28)16-10-11-19-17(12-16)20(25)18(13-22)21(26)24(19)15-8-6-14(3)7-9-15/h6-12,18H,4-5H2,1-3H3. The maximum atomic E-state index is 12.9. The molecule has 1 aliphatic heterocycles. The number of Topliss-reactive ketones (excluding diaryl/α,β-unsaturated/α-hetero) is 1. The molecule has 0 saturated heterocycles. The lowest BCUT2D eigenvalue weighted by Gasteiger charge is -2.31. The second-order valence-corrected chi connectivity index (χ2v) is 8.64. The molecule has 3 rings (SSSR count). The van der Waals surface area contributed by atoms with Crippen molar-refractivity contribution in [2.24, 2.45) is 5.92 Å². The van der Waals surface area contributed by atoms with Gasteiger partial charge in [-0.15, -0.1) is 0 Å². The zero-order valence-electron chi connectivity index (χ0n) is 16.4. The van der Waals surface area contributed by atoms with Crippen molar-refractivity contribution in [1.29, 1.82) is 5.26 Å². The summed E-state index contributed by atoms with van der Waals surface area (Å²) in [6.45, 7) is 5.95. The van der Waals surface area contributed by atoms with Gasteiger partial charge in [0.2, 0.25) is 10.0 Å². The highest BCUT2D eigenvalue weighted by atomic mass is 32.2. The predicted molar refractivity (Wildman–Crippen MR) is 108 cm³/mol. The van der Waals surface area contributed by atoms with E-state index in [2.05, 4.69) is 0 Å². The zero-order chi connectivity index (χ0) is 21.3. The van der Waals surface area contributed by atoms with Gasteiger partial charge in [0.1, 0.15) is 0 Å². The van der Waals surface area contributed by atoms with Crippen LogP contribution in [0.2, 0.25) is 0 Å². The fourth-order valence-corrected chi connectivity index (χ4v) is 4.85. The van der Waals surface area contributed by atoms with E-state index in [1.54, 1.807) is 32.0 Å². The van der Waals surface area contributed by atoms with Gasteiger partial charge in [0.15, 0.2) is 11.7 Å². The Balaban J connectivity index is 2.21. The van der Waals surface area contributed by atoms with Crippen LogP contribution in [-0.2, 0) is 14.8 Å². The van der Waals surface area contributed by atoms with Crippen molar-refractivity contribution in [3.63, 3.8) is 0 Å². The molecule has 2 aromatic carbocycles. The smallest absolute Gasteiger partial charge is 0.256 e. The number of hydrogen-bond donors (Lipinski definition) is 0. The highest BCUT2D eigenvalue weighted by Crippen LogP contribution is 2.37. The predicted octanol–water partition coefficient (Wildman–Crippen LogP) is 3.03. The Bertz CT molecular complexity index is 1110. The average molecular weight is 411 g/mol. The number of sulfonamides is 1. The quantitative estimate of drug-likeness (QED) is 0.704. The summed E-state index contributed by atoms with van der Waals surface area (Å²) < 4.78 is 27.0. The fraction of sp³-hybridized carbons (Fsp3) is 0.286. The maximum absolute atomic E-state index is 12.9. The van der Waals surface area contributed by atoms with Crippen molar-refractivity contribution in [2.75, 3.05) is 18.0 Å². The van der Waals surface area contributed by atoms with Crippen molar-refractivity contribution in [3.8, 4) is 6.07 Å². The topological polar surface area (TPSA) is 98.5 Å². The van der Waals surface area contributed by atoms with Gasteiger partial charge in [-0.05, 0) is 37.3 Å². The Kier molecular flexibility index (Phi) is 5.55. The van der Waals surface area contributed by atoms with Gasteiger partial charge >= 0.3 is 0 Å². The Morgan fingerprint density at radius 2 is 1.69 bits per heavy atom. The highest BCUT2D eigenvalue weighted by molar-refractivity contribution is 7.89. The van der Waals surface area contributed by atoms with E-state index in [1.165, 1.54) is 27.4 Å². The first-order valence-corrected chi connectivity index (χ1v) is 10.7. The van der Waals surface area contributed by atoms with E-state index in [9.17, 15) is 23.3 Å². The van der Waals surface area contributed by atoms with Gasteiger partial charge < -0.3 is 0 Å². The SMILES string of the molecule is CCN(CC)S(=O)(=O)c1ccc2c(c1)C(=O)C(C#N)C(=O)N2c1ccc(C)cc1. The largest absolute Gasteiger partial charge is 0.292 e. The first kappa shape index (κ1) is 20.7. The molecule has 0 fully saturated rings. The van der Waals surface area contributed by atoms with Gasteiger partial charge in [-0.25, -0.2) is 8.42 Å². The summed E-state index contributed by atoms with van der Waals surface area (Å²) in [6.07, 6.45) is 0. The molecule has 0 spiro atoms. The number of amides is 1. The van der Waals surface area contributed by atoms with Crippen LogP contribution in [-0.4, -0.2) is 37.5 Å². The van der Waals surface area contributed by atoms with Crippen molar-refractivity contribution in [3.05, 3.63) is 53.6 Å².